The lowest BCUT2D eigenvalue weighted by Crippen LogP contribution is -2.24. The fourth-order valence-electron chi connectivity index (χ4n) is 6.60. The lowest BCUT2D eigenvalue weighted by atomic mass is 10.1. The summed E-state index contributed by atoms with van der Waals surface area (Å²) in [7, 11) is 0. The molecule has 7 rings (SSSR count). The van der Waals surface area contributed by atoms with E-state index in [1.807, 2.05) is 0 Å². The van der Waals surface area contributed by atoms with Gasteiger partial charge in [-0.3, -0.25) is 24.6 Å². The summed E-state index contributed by atoms with van der Waals surface area (Å²) in [5.74, 6) is -5.46. The van der Waals surface area contributed by atoms with E-state index in [-0.39, 0.29) is 83.0 Å². The third kappa shape index (κ3) is 17.9. The van der Waals surface area contributed by atoms with Crippen molar-refractivity contribution in [2.45, 2.75) is 38.4 Å². The average molecular weight is 1010 g/mol. The van der Waals surface area contributed by atoms with E-state index in [0.717, 1.165) is 24.3 Å². The number of amidine groups is 1. The van der Waals surface area contributed by atoms with Crippen LogP contribution in [0.5, 0.6) is 0 Å². The number of benzene rings is 4. The van der Waals surface area contributed by atoms with Crippen LogP contribution in [0.15, 0.2) is 97.1 Å². The van der Waals surface area contributed by atoms with Crippen molar-refractivity contribution in [3.63, 3.8) is 0 Å². The van der Waals surface area contributed by atoms with Crippen LogP contribution in [0.4, 0.5) is 55.4 Å². The molecule has 4 aromatic carbocycles. The van der Waals surface area contributed by atoms with Gasteiger partial charge >= 0.3 is 18.3 Å². The van der Waals surface area contributed by atoms with Gasteiger partial charge in [0.15, 0.2) is 5.82 Å². The van der Waals surface area contributed by atoms with Crippen molar-refractivity contribution < 1.29 is 77.7 Å². The first-order valence-electron chi connectivity index (χ1n) is 20.8. The van der Waals surface area contributed by atoms with Crippen molar-refractivity contribution in [3.8, 4) is 16.9 Å². The molecule has 0 saturated carbocycles. The second-order valence-electron chi connectivity index (χ2n) is 15.6. The Morgan fingerprint density at radius 3 is 1.75 bits per heavy atom. The highest BCUT2D eigenvalue weighted by molar-refractivity contribution is 5.98. The van der Waals surface area contributed by atoms with Crippen molar-refractivity contribution in [2.75, 3.05) is 36.9 Å². The van der Waals surface area contributed by atoms with Crippen LogP contribution in [0.3, 0.4) is 0 Å². The summed E-state index contributed by atoms with van der Waals surface area (Å²) in [6.07, 6.45) is -7.64. The van der Waals surface area contributed by atoms with Crippen LogP contribution < -0.4 is 27.0 Å². The number of ether oxygens (including phenoxy) is 2. The Kier molecular flexibility index (Phi) is 18.4. The highest BCUT2D eigenvalue weighted by Crippen LogP contribution is 2.30. The van der Waals surface area contributed by atoms with Crippen LogP contribution in [0.1, 0.15) is 29.5 Å². The molecular formula is C46H42F10N8O7. The molecule has 0 unspecified atom stereocenters. The molecule has 5 aromatic rings. The number of nitrogens with two attached hydrogens (primary N) is 1. The van der Waals surface area contributed by atoms with Gasteiger partial charge in [0.2, 0.25) is 17.7 Å². The molecule has 2 fully saturated rings. The molecular weight excluding hydrogens is 967 g/mol. The van der Waals surface area contributed by atoms with Gasteiger partial charge in [-0.1, -0.05) is 0 Å². The van der Waals surface area contributed by atoms with Crippen molar-refractivity contribution >= 4 is 46.7 Å². The van der Waals surface area contributed by atoms with E-state index in [1.165, 1.54) is 77.5 Å². The molecule has 3 amide bonds. The molecule has 378 valence electrons. The number of hydrogen-bond donors (Lipinski definition) is 7. The Hall–Kier alpha value is -7.80. The van der Waals surface area contributed by atoms with Crippen LogP contribution in [-0.4, -0.2) is 83.1 Å². The standard InChI is InChI=1S/C23H19F5N4O3.C18H16F5N3O.C5H7NO3/c24-16-1-3-18(4-2-16)32-19(9-20(31-32)30-22(34)15-8-21(33)29-10-15)14-5-13(6-17(25)7-14)11-35-12-23(26,27)28;19-13-1-3-15(4-2-13)26-16(8-17(24)25)12-5-11(6-14(20)7-12)9-27-10-18(21,22)23;7-4-1-3(2-6-4)5(8)9/h1-7,9,15H,8,10-12H2,(H,29,33)(H,30,31,34);1-8,26H,9-10H2,(H3,24,25);3H,1-2H2,(H,6,7)(H,8,9)/b;16-8-;/t15-;;3-/m0.0/s1. The third-order valence-corrected chi connectivity index (χ3v) is 9.72. The van der Waals surface area contributed by atoms with Gasteiger partial charge in [-0.15, -0.1) is 5.10 Å². The second kappa shape index (κ2) is 24.2. The summed E-state index contributed by atoms with van der Waals surface area (Å²) in [4.78, 5) is 44.5. The van der Waals surface area contributed by atoms with Gasteiger partial charge in [-0.05, 0) is 96.1 Å². The molecule has 25 heteroatoms. The van der Waals surface area contributed by atoms with Crippen LogP contribution in [-0.2, 0) is 41.9 Å². The van der Waals surface area contributed by atoms with Gasteiger partial charge in [0.05, 0.1) is 36.4 Å². The quantitative estimate of drug-likeness (QED) is 0.0309. The topological polar surface area (TPSA) is 223 Å². The zero-order valence-corrected chi connectivity index (χ0v) is 36.7. The highest BCUT2D eigenvalue weighted by Gasteiger charge is 2.30. The summed E-state index contributed by atoms with van der Waals surface area (Å²) in [5, 5.41) is 30.6. The van der Waals surface area contributed by atoms with E-state index in [4.69, 9.17) is 16.2 Å². The molecule has 2 aliphatic heterocycles. The number of aromatic nitrogens is 2. The van der Waals surface area contributed by atoms with Crippen molar-refractivity contribution in [1.82, 2.24) is 20.4 Å². The molecule has 0 spiro atoms. The third-order valence-electron chi connectivity index (χ3n) is 9.72. The number of carboxylic acids is 1. The molecule has 2 aliphatic rings. The summed E-state index contributed by atoms with van der Waals surface area (Å²) < 4.78 is 139. The summed E-state index contributed by atoms with van der Waals surface area (Å²) in [6.45, 7) is -3.41. The number of nitrogens with one attached hydrogen (secondary N) is 5. The number of anilines is 2. The van der Waals surface area contributed by atoms with Gasteiger partial charge in [0.1, 0.15) is 42.3 Å². The fraction of sp³-hybridized carbons (Fsp3) is 0.261. The minimum atomic E-state index is -4.52. The highest BCUT2D eigenvalue weighted by atomic mass is 19.4. The monoisotopic (exact) mass is 1010 g/mol. The first-order chi connectivity index (χ1) is 33.4. The smallest absolute Gasteiger partial charge is 0.411 e. The summed E-state index contributed by atoms with van der Waals surface area (Å²) in [6, 6.07) is 19.1. The molecule has 1 aromatic heterocycles. The predicted molar refractivity (Wildman–Crippen MR) is 235 cm³/mol. The molecule has 71 heavy (non-hydrogen) atoms. The lowest BCUT2D eigenvalue weighted by molar-refractivity contribution is -0.177. The number of carbonyl (C=O) groups is 4. The van der Waals surface area contributed by atoms with E-state index in [9.17, 15) is 63.1 Å². The van der Waals surface area contributed by atoms with Gasteiger partial charge in [0, 0.05) is 60.6 Å². The fourth-order valence-corrected chi connectivity index (χ4v) is 6.60. The Labute approximate surface area is 396 Å². The largest absolute Gasteiger partial charge is 0.481 e. The Bertz CT molecular complexity index is 2730. The normalized spacial score (nSPS) is 15.7. The number of carboxylic acid groups (broad SMARTS) is 1. The SMILES string of the molecule is N=C(N)/C=C(\Nc1ccc(F)cc1)c1cc(F)cc(COCC(F)(F)F)c1.O=C1C[C@H](C(=O)Nc2cc(-c3cc(F)cc(COCC(F)(F)F)c3)n(-c3ccc(F)cc3)n2)CN1.O=C1C[C@H](C(=O)O)CN1. The maximum absolute atomic E-state index is 14.4. The van der Waals surface area contributed by atoms with Crippen molar-refractivity contribution in [3.05, 3.63) is 137 Å². The maximum atomic E-state index is 14.4. The van der Waals surface area contributed by atoms with Gasteiger partial charge in [0.25, 0.3) is 0 Å². The zero-order chi connectivity index (χ0) is 52.0. The van der Waals surface area contributed by atoms with E-state index in [0.29, 0.717) is 11.4 Å². The molecule has 8 N–H and O–H groups in total. The number of aliphatic carboxylic acids is 1. The van der Waals surface area contributed by atoms with E-state index < -0.39 is 85.8 Å². The van der Waals surface area contributed by atoms with E-state index in [1.54, 1.807) is 0 Å². The van der Waals surface area contributed by atoms with Crippen LogP contribution >= 0.6 is 0 Å². The Morgan fingerprint density at radius 2 is 1.25 bits per heavy atom. The van der Waals surface area contributed by atoms with E-state index in [2.05, 4.69) is 35.8 Å². The molecule has 15 nitrogen and oxygen atoms in total. The molecule has 0 radical (unpaired) electrons. The molecule has 3 heterocycles. The van der Waals surface area contributed by atoms with E-state index >= 15 is 0 Å². The minimum absolute atomic E-state index is 0.0303. The number of carbonyl (C=O) groups excluding carboxylic acids is 3. The number of hydrogen-bond acceptors (Lipinski definition) is 9. The molecule has 0 aliphatic carbocycles. The first kappa shape index (κ1) is 54.1. The number of halogens is 10. The van der Waals surface area contributed by atoms with Crippen molar-refractivity contribution in [2.24, 2.45) is 17.6 Å². The zero-order valence-electron chi connectivity index (χ0n) is 36.7. The number of alkyl halides is 6. The number of rotatable bonds is 15. The summed E-state index contributed by atoms with van der Waals surface area (Å²) in [5.41, 5.74) is 7.50. The second-order valence-corrected chi connectivity index (χ2v) is 15.6. The lowest BCUT2D eigenvalue weighted by Gasteiger charge is -2.14. The summed E-state index contributed by atoms with van der Waals surface area (Å²) >= 11 is 0. The maximum Gasteiger partial charge on any atom is 0.411 e. The molecule has 0 bridgehead atoms. The van der Waals surface area contributed by atoms with Gasteiger partial charge < -0.3 is 41.6 Å². The van der Waals surface area contributed by atoms with Crippen molar-refractivity contribution in [1.29, 1.82) is 5.41 Å². The molecule has 2 atom stereocenters. The van der Waals surface area contributed by atoms with Crippen LogP contribution in [0, 0.1) is 40.5 Å². The predicted octanol–water partition coefficient (Wildman–Crippen LogP) is 7.61. The molecule has 2 saturated heterocycles. The minimum Gasteiger partial charge on any atom is -0.481 e. The Balaban J connectivity index is 0.000000230. The Morgan fingerprint density at radius 1 is 0.732 bits per heavy atom. The van der Waals surface area contributed by atoms with Gasteiger partial charge in [-0.2, -0.15) is 26.3 Å². The number of nitrogens with zero attached hydrogens (tertiary/aromatic N) is 2. The van der Waals surface area contributed by atoms with Crippen LogP contribution in [0.2, 0.25) is 0 Å². The number of amides is 3. The average Bonchev–Trinajstić information content (AvgIpc) is 4.04. The first-order valence-corrected chi connectivity index (χ1v) is 20.8. The van der Waals surface area contributed by atoms with Gasteiger partial charge in [-0.25, -0.2) is 22.2 Å². The van der Waals surface area contributed by atoms with Crippen LogP contribution in [0.25, 0.3) is 22.6 Å².